The van der Waals surface area contributed by atoms with Gasteiger partial charge in [-0.2, -0.15) is 0 Å². The summed E-state index contributed by atoms with van der Waals surface area (Å²) in [5.41, 5.74) is 2.22. The van der Waals surface area contributed by atoms with Crippen molar-refractivity contribution in [2.75, 3.05) is 31.2 Å². The first-order valence-electron chi connectivity index (χ1n) is 9.19. The third-order valence-corrected chi connectivity index (χ3v) is 5.75. The van der Waals surface area contributed by atoms with Gasteiger partial charge in [-0.15, -0.1) is 11.8 Å². The molecule has 0 aromatic heterocycles. The second kappa shape index (κ2) is 9.10. The minimum Gasteiger partial charge on any atom is -0.323 e. The van der Waals surface area contributed by atoms with Crippen LogP contribution in [0.5, 0.6) is 0 Å². The standard InChI is InChI=1S/C21H27N3OS/c1-3-26-20-12-8-7-11-19(20)22-21(25)23(2)18-13-14-24(16-18)15-17-9-5-4-6-10-17/h4-12,18H,3,13-16H2,1-2H3,(H,22,25). The van der Waals surface area contributed by atoms with Gasteiger partial charge in [-0.05, 0) is 29.9 Å². The fourth-order valence-corrected chi connectivity index (χ4v) is 4.09. The molecule has 138 valence electrons. The second-order valence-corrected chi connectivity index (χ2v) is 7.94. The highest BCUT2D eigenvalue weighted by Gasteiger charge is 2.28. The molecular weight excluding hydrogens is 342 g/mol. The number of thioether (sulfide) groups is 1. The quantitative estimate of drug-likeness (QED) is 0.760. The summed E-state index contributed by atoms with van der Waals surface area (Å²) in [5, 5.41) is 3.08. The minimum atomic E-state index is -0.0271. The van der Waals surface area contributed by atoms with Gasteiger partial charge in [0.2, 0.25) is 0 Å². The summed E-state index contributed by atoms with van der Waals surface area (Å²) in [6.45, 7) is 5.02. The van der Waals surface area contributed by atoms with Gasteiger partial charge in [0.05, 0.1) is 5.69 Å². The number of likely N-dealkylation sites (N-methyl/N-ethyl adjacent to an activating group) is 1. The summed E-state index contributed by atoms with van der Waals surface area (Å²) in [7, 11) is 1.90. The minimum absolute atomic E-state index is 0.0271. The molecule has 1 heterocycles. The van der Waals surface area contributed by atoms with E-state index in [2.05, 4.69) is 47.5 Å². The molecule has 0 radical (unpaired) electrons. The molecule has 1 aliphatic rings. The number of likely N-dealkylation sites (tertiary alicyclic amines) is 1. The number of nitrogens with zero attached hydrogens (tertiary/aromatic N) is 2. The van der Waals surface area contributed by atoms with Gasteiger partial charge >= 0.3 is 6.03 Å². The molecule has 2 aromatic carbocycles. The van der Waals surface area contributed by atoms with Crippen LogP contribution in [-0.2, 0) is 6.54 Å². The molecule has 0 saturated carbocycles. The van der Waals surface area contributed by atoms with Crippen molar-refractivity contribution in [1.82, 2.24) is 9.80 Å². The van der Waals surface area contributed by atoms with Crippen molar-refractivity contribution in [3.8, 4) is 0 Å². The molecule has 5 heteroatoms. The van der Waals surface area contributed by atoms with Crippen molar-refractivity contribution in [1.29, 1.82) is 0 Å². The molecule has 0 spiro atoms. The SMILES string of the molecule is CCSc1ccccc1NC(=O)N(C)C1CCN(Cc2ccccc2)C1. The summed E-state index contributed by atoms with van der Waals surface area (Å²) >= 11 is 1.75. The smallest absolute Gasteiger partial charge is 0.321 e. The van der Waals surface area contributed by atoms with E-state index in [9.17, 15) is 4.79 Å². The Morgan fingerprint density at radius 2 is 1.92 bits per heavy atom. The molecule has 3 rings (SSSR count). The highest BCUT2D eigenvalue weighted by atomic mass is 32.2. The highest BCUT2D eigenvalue weighted by Crippen LogP contribution is 2.27. The van der Waals surface area contributed by atoms with E-state index in [-0.39, 0.29) is 12.1 Å². The number of hydrogen-bond acceptors (Lipinski definition) is 3. The van der Waals surface area contributed by atoms with Crippen molar-refractivity contribution < 1.29 is 4.79 Å². The molecule has 1 saturated heterocycles. The molecular formula is C21H27N3OS. The molecule has 0 aliphatic carbocycles. The maximum atomic E-state index is 12.7. The van der Waals surface area contributed by atoms with Gasteiger partial charge in [0.25, 0.3) is 0 Å². The zero-order valence-electron chi connectivity index (χ0n) is 15.5. The fraction of sp³-hybridized carbons (Fsp3) is 0.381. The van der Waals surface area contributed by atoms with E-state index in [1.165, 1.54) is 5.56 Å². The van der Waals surface area contributed by atoms with E-state index in [4.69, 9.17) is 0 Å². The molecule has 1 atom stereocenters. The number of para-hydroxylation sites is 1. The summed E-state index contributed by atoms with van der Waals surface area (Å²) in [5.74, 6) is 0.986. The van der Waals surface area contributed by atoms with Gasteiger partial charge in [-0.25, -0.2) is 4.79 Å². The number of nitrogens with one attached hydrogen (secondary N) is 1. The number of anilines is 1. The van der Waals surface area contributed by atoms with Gasteiger partial charge in [0.15, 0.2) is 0 Å². The third kappa shape index (κ3) is 4.80. The van der Waals surface area contributed by atoms with Crippen molar-refractivity contribution in [3.05, 3.63) is 60.2 Å². The normalized spacial score (nSPS) is 17.2. The lowest BCUT2D eigenvalue weighted by atomic mass is 10.2. The Bertz CT molecular complexity index is 722. The molecule has 1 aliphatic heterocycles. The number of hydrogen-bond donors (Lipinski definition) is 1. The summed E-state index contributed by atoms with van der Waals surface area (Å²) < 4.78 is 0. The van der Waals surface area contributed by atoms with Crippen LogP contribution in [0.3, 0.4) is 0 Å². The van der Waals surface area contributed by atoms with Crippen LogP contribution in [0.15, 0.2) is 59.5 Å². The van der Waals surface area contributed by atoms with Crippen LogP contribution in [0.25, 0.3) is 0 Å². The lowest BCUT2D eigenvalue weighted by Crippen LogP contribution is -2.41. The number of urea groups is 1. The Kier molecular flexibility index (Phi) is 6.58. The second-order valence-electron chi connectivity index (χ2n) is 6.63. The molecule has 4 nitrogen and oxygen atoms in total. The number of benzene rings is 2. The van der Waals surface area contributed by atoms with Gasteiger partial charge in [-0.3, -0.25) is 4.90 Å². The van der Waals surface area contributed by atoms with Crippen LogP contribution < -0.4 is 5.32 Å². The van der Waals surface area contributed by atoms with Crippen LogP contribution in [0.4, 0.5) is 10.5 Å². The van der Waals surface area contributed by atoms with E-state index >= 15 is 0 Å². The van der Waals surface area contributed by atoms with Crippen LogP contribution in [0.2, 0.25) is 0 Å². The third-order valence-electron chi connectivity index (χ3n) is 4.79. The predicted octanol–water partition coefficient (Wildman–Crippen LogP) is 4.54. The van der Waals surface area contributed by atoms with Gasteiger partial charge in [-0.1, -0.05) is 49.4 Å². The Hall–Kier alpha value is -1.98. The van der Waals surface area contributed by atoms with Gasteiger partial charge in [0, 0.05) is 37.6 Å². The zero-order chi connectivity index (χ0) is 18.4. The number of amides is 2. The molecule has 1 N–H and O–H groups in total. The van der Waals surface area contributed by atoms with Crippen molar-refractivity contribution in [2.45, 2.75) is 30.8 Å². The first-order valence-corrected chi connectivity index (χ1v) is 10.2. The Morgan fingerprint density at radius 1 is 1.19 bits per heavy atom. The van der Waals surface area contributed by atoms with Gasteiger partial charge < -0.3 is 10.2 Å². The average Bonchev–Trinajstić information content (AvgIpc) is 3.12. The Labute approximate surface area is 160 Å². The van der Waals surface area contributed by atoms with Crippen LogP contribution in [0, 0.1) is 0 Å². The lowest BCUT2D eigenvalue weighted by Gasteiger charge is -2.26. The molecule has 26 heavy (non-hydrogen) atoms. The average molecular weight is 370 g/mol. The topological polar surface area (TPSA) is 35.6 Å². The molecule has 2 amide bonds. The Balaban J connectivity index is 1.56. The molecule has 2 aromatic rings. The number of carbonyl (C=O) groups is 1. The highest BCUT2D eigenvalue weighted by molar-refractivity contribution is 7.99. The van der Waals surface area contributed by atoms with E-state index < -0.39 is 0 Å². The predicted molar refractivity (Wildman–Crippen MR) is 110 cm³/mol. The zero-order valence-corrected chi connectivity index (χ0v) is 16.3. The Morgan fingerprint density at radius 3 is 2.69 bits per heavy atom. The first kappa shape index (κ1) is 18.8. The largest absolute Gasteiger partial charge is 0.323 e. The van der Waals surface area contributed by atoms with Crippen molar-refractivity contribution >= 4 is 23.5 Å². The summed E-state index contributed by atoms with van der Waals surface area (Å²) in [6.07, 6.45) is 1.02. The van der Waals surface area contributed by atoms with Crippen LogP contribution in [-0.4, -0.2) is 47.8 Å². The summed E-state index contributed by atoms with van der Waals surface area (Å²) in [6, 6.07) is 18.7. The maximum Gasteiger partial charge on any atom is 0.321 e. The lowest BCUT2D eigenvalue weighted by molar-refractivity contribution is 0.201. The van der Waals surface area contributed by atoms with E-state index in [1.807, 2.05) is 36.2 Å². The monoisotopic (exact) mass is 369 g/mol. The van der Waals surface area contributed by atoms with E-state index in [0.717, 1.165) is 42.4 Å². The fourth-order valence-electron chi connectivity index (χ4n) is 3.33. The van der Waals surface area contributed by atoms with E-state index in [1.54, 1.807) is 11.8 Å². The maximum absolute atomic E-state index is 12.7. The molecule has 1 unspecified atom stereocenters. The number of rotatable bonds is 6. The molecule has 0 bridgehead atoms. The van der Waals surface area contributed by atoms with Crippen LogP contribution >= 0.6 is 11.8 Å². The molecule has 1 fully saturated rings. The van der Waals surface area contributed by atoms with Crippen LogP contribution in [0.1, 0.15) is 18.9 Å². The van der Waals surface area contributed by atoms with Gasteiger partial charge in [0.1, 0.15) is 0 Å². The first-order chi connectivity index (χ1) is 12.7. The van der Waals surface area contributed by atoms with E-state index in [0.29, 0.717) is 0 Å². The summed E-state index contributed by atoms with van der Waals surface area (Å²) in [4.78, 5) is 18.1. The number of carbonyl (C=O) groups excluding carboxylic acids is 1. The van der Waals surface area contributed by atoms with Crippen molar-refractivity contribution in [3.63, 3.8) is 0 Å². The van der Waals surface area contributed by atoms with Crippen molar-refractivity contribution in [2.24, 2.45) is 0 Å².